The number of rotatable bonds is 2. The van der Waals surface area contributed by atoms with Gasteiger partial charge in [0.15, 0.2) is 5.82 Å². The van der Waals surface area contributed by atoms with Gasteiger partial charge in [-0.25, -0.2) is 4.98 Å². The summed E-state index contributed by atoms with van der Waals surface area (Å²) >= 11 is 0. The lowest BCUT2D eigenvalue weighted by Crippen LogP contribution is -2.22. The van der Waals surface area contributed by atoms with Crippen LogP contribution in [0.3, 0.4) is 0 Å². The fourth-order valence-electron chi connectivity index (χ4n) is 1.16. The van der Waals surface area contributed by atoms with Crippen LogP contribution < -0.4 is 0 Å². The maximum atomic E-state index is 8.74. The second-order valence-electron chi connectivity index (χ2n) is 2.73. The van der Waals surface area contributed by atoms with E-state index in [0.717, 1.165) is 0 Å². The molecule has 0 saturated carbocycles. The number of nitrogens with zero attached hydrogens (tertiary/aromatic N) is 2. The van der Waals surface area contributed by atoms with Crippen molar-refractivity contribution in [2.45, 2.75) is 12.7 Å². The number of aliphatic hydroxyl groups excluding tert-OH is 1. The van der Waals surface area contributed by atoms with Gasteiger partial charge in [0.05, 0.1) is 19.8 Å². The van der Waals surface area contributed by atoms with Crippen molar-refractivity contribution in [1.82, 2.24) is 15.2 Å². The highest BCUT2D eigenvalue weighted by Gasteiger charge is 2.20. The lowest BCUT2D eigenvalue weighted by atomic mass is 10.3. The molecule has 2 rings (SSSR count). The molecule has 72 valence electrons. The molecule has 1 aromatic heterocycles. The van der Waals surface area contributed by atoms with Crippen LogP contribution in [0.15, 0.2) is 0 Å². The van der Waals surface area contributed by atoms with Gasteiger partial charge in [0.2, 0.25) is 0 Å². The molecule has 13 heavy (non-hydrogen) atoms. The largest absolute Gasteiger partial charge is 0.388 e. The van der Waals surface area contributed by atoms with E-state index in [-0.39, 0.29) is 12.7 Å². The van der Waals surface area contributed by atoms with Gasteiger partial charge in [0.25, 0.3) is 0 Å². The maximum Gasteiger partial charge on any atom is 0.181 e. The number of hydrogen-bond donors (Lipinski definition) is 2. The molecule has 6 heteroatoms. The summed E-state index contributed by atoms with van der Waals surface area (Å²) in [4.78, 5) is 4.03. The van der Waals surface area contributed by atoms with Gasteiger partial charge in [0, 0.05) is 0 Å². The van der Waals surface area contributed by atoms with E-state index in [1.165, 1.54) is 0 Å². The molecule has 1 atom stereocenters. The van der Waals surface area contributed by atoms with Crippen LogP contribution in [0.25, 0.3) is 0 Å². The molecule has 0 spiro atoms. The van der Waals surface area contributed by atoms with E-state index in [2.05, 4.69) is 15.2 Å². The number of aromatic nitrogens is 3. The standard InChI is InChI=1S/C7H11N3O3/c11-3-6-8-7(10-9-6)5-4-12-1-2-13-5/h5,11H,1-4H2,(H,8,9,10). The minimum absolute atomic E-state index is 0.138. The lowest BCUT2D eigenvalue weighted by Gasteiger charge is -2.19. The highest BCUT2D eigenvalue weighted by atomic mass is 16.6. The predicted molar refractivity (Wildman–Crippen MR) is 41.8 cm³/mol. The van der Waals surface area contributed by atoms with Crippen molar-refractivity contribution in [2.75, 3.05) is 19.8 Å². The van der Waals surface area contributed by atoms with Crippen LogP contribution in [0.5, 0.6) is 0 Å². The highest BCUT2D eigenvalue weighted by Crippen LogP contribution is 2.16. The van der Waals surface area contributed by atoms with Gasteiger partial charge in [-0.15, -0.1) is 0 Å². The molecule has 2 N–H and O–H groups in total. The molecule has 1 fully saturated rings. The summed E-state index contributed by atoms with van der Waals surface area (Å²) in [5.74, 6) is 0.993. The van der Waals surface area contributed by atoms with Crippen molar-refractivity contribution in [1.29, 1.82) is 0 Å². The van der Waals surface area contributed by atoms with E-state index in [4.69, 9.17) is 14.6 Å². The molecule has 0 amide bonds. The second-order valence-corrected chi connectivity index (χ2v) is 2.73. The average molecular weight is 185 g/mol. The van der Waals surface area contributed by atoms with Gasteiger partial charge in [0.1, 0.15) is 18.5 Å². The fourth-order valence-corrected chi connectivity index (χ4v) is 1.16. The van der Waals surface area contributed by atoms with Crippen molar-refractivity contribution >= 4 is 0 Å². The third kappa shape index (κ3) is 1.85. The van der Waals surface area contributed by atoms with Crippen LogP contribution in [-0.4, -0.2) is 40.1 Å². The lowest BCUT2D eigenvalue weighted by molar-refractivity contribution is -0.0934. The first-order chi connectivity index (χ1) is 6.40. The number of ether oxygens (including phenoxy) is 2. The van der Waals surface area contributed by atoms with E-state index in [0.29, 0.717) is 31.5 Å². The molecule has 0 aliphatic carbocycles. The second kappa shape index (κ2) is 3.82. The number of H-pyrrole nitrogens is 1. The van der Waals surface area contributed by atoms with Crippen molar-refractivity contribution < 1.29 is 14.6 Å². The Morgan fingerprint density at radius 3 is 3.08 bits per heavy atom. The molecule has 2 heterocycles. The summed E-state index contributed by atoms with van der Waals surface area (Å²) in [5, 5.41) is 15.3. The minimum Gasteiger partial charge on any atom is -0.388 e. The van der Waals surface area contributed by atoms with Crippen LogP contribution in [0.2, 0.25) is 0 Å². The van der Waals surface area contributed by atoms with Crippen molar-refractivity contribution in [3.8, 4) is 0 Å². The molecule has 0 aromatic carbocycles. The summed E-state index contributed by atoms with van der Waals surface area (Å²) in [6.45, 7) is 1.52. The molecule has 6 nitrogen and oxygen atoms in total. The van der Waals surface area contributed by atoms with Crippen LogP contribution in [0, 0.1) is 0 Å². The average Bonchev–Trinajstić information content (AvgIpc) is 2.67. The normalized spacial score (nSPS) is 23.3. The van der Waals surface area contributed by atoms with Gasteiger partial charge in [-0.1, -0.05) is 0 Å². The van der Waals surface area contributed by atoms with Gasteiger partial charge >= 0.3 is 0 Å². The third-order valence-corrected chi connectivity index (χ3v) is 1.80. The quantitative estimate of drug-likeness (QED) is 0.642. The minimum atomic E-state index is -0.203. The number of aromatic amines is 1. The summed E-state index contributed by atoms with van der Waals surface area (Å²) in [5.41, 5.74) is 0. The van der Waals surface area contributed by atoms with Crippen molar-refractivity contribution in [2.24, 2.45) is 0 Å². The SMILES string of the molecule is OCc1nc(C2COCCO2)n[nH]1. The molecule has 1 aliphatic rings. The van der Waals surface area contributed by atoms with Crippen molar-refractivity contribution in [3.63, 3.8) is 0 Å². The van der Waals surface area contributed by atoms with E-state index in [9.17, 15) is 0 Å². The molecule has 1 aliphatic heterocycles. The van der Waals surface area contributed by atoms with Gasteiger partial charge in [-0.05, 0) is 0 Å². The Labute approximate surface area is 74.9 Å². The van der Waals surface area contributed by atoms with E-state index in [1.54, 1.807) is 0 Å². The summed E-state index contributed by atoms with van der Waals surface area (Å²) in [6, 6.07) is 0. The molecular formula is C7H11N3O3. The Morgan fingerprint density at radius 1 is 1.54 bits per heavy atom. The molecular weight excluding hydrogens is 174 g/mol. The Morgan fingerprint density at radius 2 is 2.46 bits per heavy atom. The first-order valence-corrected chi connectivity index (χ1v) is 4.11. The Hall–Kier alpha value is -0.980. The van der Waals surface area contributed by atoms with E-state index in [1.807, 2.05) is 0 Å². The van der Waals surface area contributed by atoms with Gasteiger partial charge in [-0.3, -0.25) is 5.10 Å². The third-order valence-electron chi connectivity index (χ3n) is 1.80. The monoisotopic (exact) mass is 185 g/mol. The predicted octanol–water partition coefficient (Wildman–Crippen LogP) is -0.615. The number of nitrogens with one attached hydrogen (secondary N) is 1. The maximum absolute atomic E-state index is 8.74. The zero-order valence-corrected chi connectivity index (χ0v) is 7.06. The molecule has 1 unspecified atom stereocenters. The highest BCUT2D eigenvalue weighted by molar-refractivity contribution is 4.94. The zero-order chi connectivity index (χ0) is 9.10. The Kier molecular flexibility index (Phi) is 2.53. The molecule has 0 bridgehead atoms. The van der Waals surface area contributed by atoms with Gasteiger partial charge < -0.3 is 14.6 Å². The summed E-state index contributed by atoms with van der Waals surface area (Å²) in [7, 11) is 0. The Balaban J connectivity index is 2.05. The smallest absolute Gasteiger partial charge is 0.181 e. The van der Waals surface area contributed by atoms with E-state index >= 15 is 0 Å². The van der Waals surface area contributed by atoms with E-state index < -0.39 is 0 Å². The van der Waals surface area contributed by atoms with Gasteiger partial charge in [-0.2, -0.15) is 5.10 Å². The van der Waals surface area contributed by atoms with Crippen LogP contribution in [-0.2, 0) is 16.1 Å². The number of hydrogen-bond acceptors (Lipinski definition) is 5. The summed E-state index contributed by atoms with van der Waals surface area (Å²) in [6.07, 6.45) is -0.203. The first kappa shape index (κ1) is 8.61. The topological polar surface area (TPSA) is 80.3 Å². The van der Waals surface area contributed by atoms with Crippen LogP contribution in [0.1, 0.15) is 17.8 Å². The zero-order valence-electron chi connectivity index (χ0n) is 7.06. The molecule has 1 saturated heterocycles. The molecule has 0 radical (unpaired) electrons. The van der Waals surface area contributed by atoms with Crippen LogP contribution >= 0.6 is 0 Å². The first-order valence-electron chi connectivity index (χ1n) is 4.11. The molecule has 1 aromatic rings. The van der Waals surface area contributed by atoms with Crippen molar-refractivity contribution in [3.05, 3.63) is 11.6 Å². The van der Waals surface area contributed by atoms with Crippen LogP contribution in [0.4, 0.5) is 0 Å². The number of aliphatic hydroxyl groups is 1. The fraction of sp³-hybridized carbons (Fsp3) is 0.714. The Bertz CT molecular complexity index is 270. The summed E-state index contributed by atoms with van der Waals surface area (Å²) < 4.78 is 10.6.